The number of allylic oxidation sites excluding steroid dienone is 1. The third-order valence-corrected chi connectivity index (χ3v) is 2.69. The van der Waals surface area contributed by atoms with Crippen molar-refractivity contribution in [3.05, 3.63) is 25.0 Å². The zero-order chi connectivity index (χ0) is 11.5. The molecule has 1 heterocycles. The Morgan fingerprint density at radius 3 is 2.80 bits per heavy atom. The lowest BCUT2D eigenvalue weighted by atomic mass is 9.88. The maximum Gasteiger partial charge on any atom is 0.203 e. The number of rotatable bonds is 4. The fraction of sp³-hybridized carbons (Fsp3) is 0.583. The van der Waals surface area contributed by atoms with E-state index in [9.17, 15) is 0 Å². The zero-order valence-electron chi connectivity index (χ0n) is 10.1. The van der Waals surface area contributed by atoms with Crippen molar-refractivity contribution >= 4 is 5.95 Å². The molecule has 0 saturated carbocycles. The first-order chi connectivity index (χ1) is 6.95. The maximum absolute atomic E-state index is 4.29. The quantitative estimate of drug-likeness (QED) is 0.769. The summed E-state index contributed by atoms with van der Waals surface area (Å²) in [4.78, 5) is 4.29. The van der Waals surface area contributed by atoms with Crippen molar-refractivity contribution in [2.24, 2.45) is 5.41 Å². The number of anilines is 1. The molecular weight excluding hydrogens is 186 g/mol. The Labute approximate surface area is 92.2 Å². The van der Waals surface area contributed by atoms with E-state index in [0.29, 0.717) is 6.04 Å². The molecule has 0 amide bonds. The van der Waals surface area contributed by atoms with Crippen LogP contribution in [-0.4, -0.2) is 15.6 Å². The van der Waals surface area contributed by atoms with Crippen LogP contribution in [-0.2, 0) is 6.54 Å². The summed E-state index contributed by atoms with van der Waals surface area (Å²) >= 11 is 0. The summed E-state index contributed by atoms with van der Waals surface area (Å²) in [5.74, 6) is 0.914. The van der Waals surface area contributed by atoms with Crippen LogP contribution < -0.4 is 5.32 Å². The van der Waals surface area contributed by atoms with Crippen LogP contribution in [0.15, 0.2) is 25.0 Å². The van der Waals surface area contributed by atoms with Gasteiger partial charge in [-0.15, -0.1) is 6.58 Å². The smallest absolute Gasteiger partial charge is 0.203 e. The first-order valence-electron chi connectivity index (χ1n) is 5.33. The van der Waals surface area contributed by atoms with E-state index in [1.165, 1.54) is 0 Å². The molecule has 1 aromatic rings. The second-order valence-corrected chi connectivity index (χ2v) is 4.92. The summed E-state index contributed by atoms with van der Waals surface area (Å²) in [6, 6.07) is 0.378. The van der Waals surface area contributed by atoms with Gasteiger partial charge in [0.05, 0.1) is 0 Å². The second kappa shape index (κ2) is 4.51. The largest absolute Gasteiger partial charge is 0.353 e. The molecule has 0 aromatic carbocycles. The fourth-order valence-electron chi connectivity index (χ4n) is 1.15. The molecule has 15 heavy (non-hydrogen) atoms. The van der Waals surface area contributed by atoms with Crippen LogP contribution in [0.1, 0.15) is 27.7 Å². The van der Waals surface area contributed by atoms with Gasteiger partial charge in [-0.3, -0.25) is 0 Å². The van der Waals surface area contributed by atoms with Crippen LogP contribution in [0.5, 0.6) is 0 Å². The van der Waals surface area contributed by atoms with Crippen LogP contribution in [0.4, 0.5) is 5.95 Å². The summed E-state index contributed by atoms with van der Waals surface area (Å²) in [6.45, 7) is 13.3. The molecular formula is C12H21N3. The van der Waals surface area contributed by atoms with E-state index < -0.39 is 0 Å². The number of imidazole rings is 1. The summed E-state index contributed by atoms with van der Waals surface area (Å²) in [5.41, 5.74) is 0.227. The Bertz CT molecular complexity index is 320. The van der Waals surface area contributed by atoms with E-state index in [1.807, 2.05) is 12.3 Å². The van der Waals surface area contributed by atoms with Crippen molar-refractivity contribution < 1.29 is 0 Å². The van der Waals surface area contributed by atoms with Gasteiger partial charge in [-0.2, -0.15) is 0 Å². The average molecular weight is 207 g/mol. The highest BCUT2D eigenvalue weighted by molar-refractivity contribution is 5.28. The molecule has 1 rings (SSSR count). The van der Waals surface area contributed by atoms with Gasteiger partial charge in [-0.1, -0.05) is 26.8 Å². The summed E-state index contributed by atoms with van der Waals surface area (Å²) in [6.07, 6.45) is 5.63. The summed E-state index contributed by atoms with van der Waals surface area (Å²) in [7, 11) is 0. The highest BCUT2D eigenvalue weighted by Gasteiger charge is 2.20. The standard InChI is InChI=1S/C12H21N3/c1-6-8-15-9-7-13-11(15)14-10(2)12(3,4)5/h6-7,9-10H,1,8H2,2-5H3,(H,13,14). The maximum atomic E-state index is 4.29. The lowest BCUT2D eigenvalue weighted by molar-refractivity contribution is 0.357. The Balaban J connectivity index is 2.71. The zero-order valence-corrected chi connectivity index (χ0v) is 10.1. The average Bonchev–Trinajstić information content (AvgIpc) is 2.52. The predicted molar refractivity (Wildman–Crippen MR) is 65.0 cm³/mol. The van der Waals surface area contributed by atoms with Gasteiger partial charge in [0.2, 0.25) is 5.95 Å². The molecule has 0 aliphatic rings. The highest BCUT2D eigenvalue weighted by Crippen LogP contribution is 2.21. The van der Waals surface area contributed by atoms with Crippen molar-refractivity contribution in [3.63, 3.8) is 0 Å². The van der Waals surface area contributed by atoms with Crippen LogP contribution in [0.3, 0.4) is 0 Å². The molecule has 0 spiro atoms. The lowest BCUT2D eigenvalue weighted by Gasteiger charge is -2.28. The third-order valence-electron chi connectivity index (χ3n) is 2.69. The molecule has 0 aliphatic heterocycles. The summed E-state index contributed by atoms with van der Waals surface area (Å²) < 4.78 is 2.05. The molecule has 1 N–H and O–H groups in total. The van der Waals surface area contributed by atoms with Gasteiger partial charge in [0.15, 0.2) is 0 Å². The molecule has 0 saturated heterocycles. The third kappa shape index (κ3) is 3.11. The van der Waals surface area contributed by atoms with Gasteiger partial charge >= 0.3 is 0 Å². The number of nitrogens with zero attached hydrogens (tertiary/aromatic N) is 2. The van der Waals surface area contributed by atoms with Gasteiger partial charge in [-0.05, 0) is 12.3 Å². The van der Waals surface area contributed by atoms with Gasteiger partial charge in [-0.25, -0.2) is 4.98 Å². The minimum atomic E-state index is 0.227. The topological polar surface area (TPSA) is 29.9 Å². The molecule has 0 fully saturated rings. The molecule has 1 aromatic heterocycles. The molecule has 0 aliphatic carbocycles. The Morgan fingerprint density at radius 2 is 2.27 bits per heavy atom. The lowest BCUT2D eigenvalue weighted by Crippen LogP contribution is -2.32. The van der Waals surface area contributed by atoms with Gasteiger partial charge < -0.3 is 9.88 Å². The minimum absolute atomic E-state index is 0.227. The van der Waals surface area contributed by atoms with Crippen LogP contribution in [0.2, 0.25) is 0 Å². The van der Waals surface area contributed by atoms with Gasteiger partial charge in [0.25, 0.3) is 0 Å². The van der Waals surface area contributed by atoms with Crippen molar-refractivity contribution in [1.29, 1.82) is 0 Å². The van der Waals surface area contributed by atoms with E-state index in [0.717, 1.165) is 12.5 Å². The van der Waals surface area contributed by atoms with E-state index in [-0.39, 0.29) is 5.41 Å². The number of hydrogen-bond acceptors (Lipinski definition) is 2. The van der Waals surface area contributed by atoms with E-state index >= 15 is 0 Å². The predicted octanol–water partition coefficient (Wildman–Crippen LogP) is 2.92. The normalized spacial score (nSPS) is 13.6. The van der Waals surface area contributed by atoms with Gasteiger partial charge in [0, 0.05) is 25.0 Å². The fourth-order valence-corrected chi connectivity index (χ4v) is 1.15. The first-order valence-corrected chi connectivity index (χ1v) is 5.33. The SMILES string of the molecule is C=CCn1ccnc1NC(C)C(C)(C)C. The molecule has 1 unspecified atom stereocenters. The van der Waals surface area contributed by atoms with Crippen molar-refractivity contribution in [1.82, 2.24) is 9.55 Å². The van der Waals surface area contributed by atoms with Crippen LogP contribution in [0, 0.1) is 5.41 Å². The Kier molecular flexibility index (Phi) is 3.56. The number of nitrogens with one attached hydrogen (secondary N) is 1. The van der Waals surface area contributed by atoms with Gasteiger partial charge in [0.1, 0.15) is 0 Å². The molecule has 3 nitrogen and oxygen atoms in total. The van der Waals surface area contributed by atoms with E-state index in [2.05, 4.69) is 49.1 Å². The Hall–Kier alpha value is -1.25. The van der Waals surface area contributed by atoms with Crippen molar-refractivity contribution in [2.45, 2.75) is 40.3 Å². The van der Waals surface area contributed by atoms with E-state index in [4.69, 9.17) is 0 Å². The van der Waals surface area contributed by atoms with Crippen LogP contribution in [0.25, 0.3) is 0 Å². The van der Waals surface area contributed by atoms with E-state index in [1.54, 1.807) is 6.20 Å². The second-order valence-electron chi connectivity index (χ2n) is 4.92. The van der Waals surface area contributed by atoms with Crippen molar-refractivity contribution in [3.8, 4) is 0 Å². The summed E-state index contributed by atoms with van der Waals surface area (Å²) in [5, 5.41) is 3.42. The molecule has 0 bridgehead atoms. The molecule has 84 valence electrons. The van der Waals surface area contributed by atoms with Crippen LogP contribution >= 0.6 is 0 Å². The van der Waals surface area contributed by atoms with Crippen molar-refractivity contribution in [2.75, 3.05) is 5.32 Å². The molecule has 3 heteroatoms. The number of hydrogen-bond donors (Lipinski definition) is 1. The minimum Gasteiger partial charge on any atom is -0.353 e. The first kappa shape index (κ1) is 11.8. The molecule has 0 radical (unpaired) electrons. The number of aromatic nitrogens is 2. The monoisotopic (exact) mass is 207 g/mol. The highest BCUT2D eigenvalue weighted by atomic mass is 15.2. The molecule has 1 atom stereocenters. The Morgan fingerprint density at radius 1 is 1.60 bits per heavy atom.